The summed E-state index contributed by atoms with van der Waals surface area (Å²) in [6.45, 7) is 7.60. The van der Waals surface area contributed by atoms with Crippen LogP contribution in [-0.4, -0.2) is 25.2 Å². The summed E-state index contributed by atoms with van der Waals surface area (Å²) < 4.78 is 5.51. The number of hydrogen-bond acceptors (Lipinski definition) is 4. The highest BCUT2D eigenvalue weighted by Crippen LogP contribution is 2.32. The number of anilines is 3. The van der Waals surface area contributed by atoms with Gasteiger partial charge in [0.05, 0.1) is 30.4 Å². The van der Waals surface area contributed by atoms with E-state index in [1.54, 1.807) is 0 Å². The van der Waals surface area contributed by atoms with E-state index in [9.17, 15) is 4.79 Å². The standard InChI is InChI=1S/C15H23N3O2/c1-4-20-8-14(9(2)3)17-13-7-12-10(5-11(13)16)6-15(19)18-12/h5,7,9,14,17H,4,6,8,16H2,1-3H3,(H,18,19). The predicted octanol–water partition coefficient (Wildman–Crippen LogP) is 2.24. The molecule has 1 aromatic carbocycles. The number of rotatable bonds is 6. The fraction of sp³-hybridized carbons (Fsp3) is 0.533. The number of carbonyl (C=O) groups excluding carboxylic acids is 1. The lowest BCUT2D eigenvalue weighted by molar-refractivity contribution is -0.115. The van der Waals surface area contributed by atoms with Crippen molar-refractivity contribution in [3.8, 4) is 0 Å². The van der Waals surface area contributed by atoms with Crippen LogP contribution in [0, 0.1) is 5.92 Å². The van der Waals surface area contributed by atoms with Gasteiger partial charge < -0.3 is 21.1 Å². The molecule has 1 unspecified atom stereocenters. The summed E-state index contributed by atoms with van der Waals surface area (Å²) >= 11 is 0. The number of fused-ring (bicyclic) bond motifs is 1. The first-order valence-corrected chi connectivity index (χ1v) is 7.07. The number of amides is 1. The average Bonchev–Trinajstić information content (AvgIpc) is 2.73. The van der Waals surface area contributed by atoms with Gasteiger partial charge in [0.1, 0.15) is 0 Å². The number of benzene rings is 1. The van der Waals surface area contributed by atoms with Crippen LogP contribution in [0.5, 0.6) is 0 Å². The second-order valence-corrected chi connectivity index (χ2v) is 5.48. The Morgan fingerprint density at radius 2 is 2.20 bits per heavy atom. The van der Waals surface area contributed by atoms with E-state index >= 15 is 0 Å². The Labute approximate surface area is 119 Å². The fourth-order valence-electron chi connectivity index (χ4n) is 2.26. The fourth-order valence-corrected chi connectivity index (χ4v) is 2.26. The van der Waals surface area contributed by atoms with Gasteiger partial charge in [-0.3, -0.25) is 4.79 Å². The Morgan fingerprint density at radius 1 is 1.45 bits per heavy atom. The van der Waals surface area contributed by atoms with Gasteiger partial charge in [0.2, 0.25) is 5.91 Å². The van der Waals surface area contributed by atoms with Crippen LogP contribution in [0.15, 0.2) is 12.1 Å². The van der Waals surface area contributed by atoms with E-state index in [1.165, 1.54) is 0 Å². The zero-order valence-corrected chi connectivity index (χ0v) is 12.3. The van der Waals surface area contributed by atoms with Crippen molar-refractivity contribution >= 4 is 23.0 Å². The number of ether oxygens (including phenoxy) is 1. The topological polar surface area (TPSA) is 76.4 Å². The van der Waals surface area contributed by atoms with E-state index in [0.717, 1.165) is 16.9 Å². The van der Waals surface area contributed by atoms with Gasteiger partial charge in [0.25, 0.3) is 0 Å². The molecule has 20 heavy (non-hydrogen) atoms. The van der Waals surface area contributed by atoms with E-state index in [0.29, 0.717) is 31.2 Å². The Bertz CT molecular complexity index is 500. The summed E-state index contributed by atoms with van der Waals surface area (Å²) in [6.07, 6.45) is 0.409. The Morgan fingerprint density at radius 3 is 2.85 bits per heavy atom. The maximum Gasteiger partial charge on any atom is 0.228 e. The highest BCUT2D eigenvalue weighted by molar-refractivity contribution is 6.00. The third kappa shape index (κ3) is 3.22. The first-order chi connectivity index (χ1) is 9.51. The third-order valence-electron chi connectivity index (χ3n) is 3.55. The molecule has 1 atom stereocenters. The Hall–Kier alpha value is -1.75. The highest BCUT2D eigenvalue weighted by atomic mass is 16.5. The Kier molecular flexibility index (Phi) is 4.49. The van der Waals surface area contributed by atoms with Crippen LogP contribution >= 0.6 is 0 Å². The molecular weight excluding hydrogens is 254 g/mol. The normalized spacial score (nSPS) is 15.1. The molecule has 0 radical (unpaired) electrons. The molecule has 2 rings (SSSR count). The van der Waals surface area contributed by atoms with Crippen molar-refractivity contribution in [3.05, 3.63) is 17.7 Å². The molecule has 1 aromatic rings. The molecule has 1 aliphatic rings. The summed E-state index contributed by atoms with van der Waals surface area (Å²) in [5, 5.41) is 6.27. The SMILES string of the molecule is CCOCC(Nc1cc2c(cc1N)CC(=O)N2)C(C)C. The summed E-state index contributed by atoms with van der Waals surface area (Å²) in [4.78, 5) is 11.4. The molecule has 1 heterocycles. The molecule has 1 amide bonds. The predicted molar refractivity (Wildman–Crippen MR) is 81.9 cm³/mol. The summed E-state index contributed by atoms with van der Waals surface area (Å²) in [6, 6.07) is 3.97. The zero-order valence-electron chi connectivity index (χ0n) is 12.3. The summed E-state index contributed by atoms with van der Waals surface area (Å²) in [7, 11) is 0. The van der Waals surface area contributed by atoms with Gasteiger partial charge in [-0.15, -0.1) is 0 Å². The molecule has 0 aromatic heterocycles. The van der Waals surface area contributed by atoms with Crippen LogP contribution in [0.3, 0.4) is 0 Å². The van der Waals surface area contributed by atoms with Crippen molar-refractivity contribution in [2.24, 2.45) is 5.92 Å². The number of nitrogens with one attached hydrogen (secondary N) is 2. The molecule has 5 heteroatoms. The highest BCUT2D eigenvalue weighted by Gasteiger charge is 2.21. The molecule has 110 valence electrons. The summed E-state index contributed by atoms with van der Waals surface area (Å²) in [5.74, 6) is 0.440. The van der Waals surface area contributed by atoms with Gasteiger partial charge in [-0.2, -0.15) is 0 Å². The van der Waals surface area contributed by atoms with Crippen molar-refractivity contribution in [3.63, 3.8) is 0 Å². The number of nitrogens with two attached hydrogens (primary N) is 1. The van der Waals surface area contributed by atoms with Gasteiger partial charge in [0.15, 0.2) is 0 Å². The number of carbonyl (C=O) groups is 1. The van der Waals surface area contributed by atoms with Crippen LogP contribution in [-0.2, 0) is 16.0 Å². The van der Waals surface area contributed by atoms with Crippen LogP contribution < -0.4 is 16.4 Å². The van der Waals surface area contributed by atoms with Gasteiger partial charge in [-0.05, 0) is 30.5 Å². The van der Waals surface area contributed by atoms with Crippen LogP contribution in [0.1, 0.15) is 26.3 Å². The second kappa shape index (κ2) is 6.13. The number of nitrogen functional groups attached to an aromatic ring is 1. The van der Waals surface area contributed by atoms with E-state index in [-0.39, 0.29) is 11.9 Å². The van der Waals surface area contributed by atoms with Gasteiger partial charge in [-0.1, -0.05) is 13.8 Å². The van der Waals surface area contributed by atoms with Crippen molar-refractivity contribution in [1.29, 1.82) is 0 Å². The smallest absolute Gasteiger partial charge is 0.228 e. The largest absolute Gasteiger partial charge is 0.397 e. The molecule has 0 saturated carbocycles. The molecular formula is C15H23N3O2. The van der Waals surface area contributed by atoms with Crippen molar-refractivity contribution in [1.82, 2.24) is 0 Å². The van der Waals surface area contributed by atoms with Crippen LogP contribution in [0.4, 0.5) is 17.1 Å². The lowest BCUT2D eigenvalue weighted by atomic mass is 10.0. The Balaban J connectivity index is 2.16. The van der Waals surface area contributed by atoms with Gasteiger partial charge in [-0.25, -0.2) is 0 Å². The molecule has 5 nitrogen and oxygen atoms in total. The molecule has 0 bridgehead atoms. The van der Waals surface area contributed by atoms with Crippen molar-refractivity contribution in [2.75, 3.05) is 29.6 Å². The lowest BCUT2D eigenvalue weighted by Gasteiger charge is -2.24. The van der Waals surface area contributed by atoms with Gasteiger partial charge in [0, 0.05) is 12.3 Å². The van der Waals surface area contributed by atoms with Crippen LogP contribution in [0.25, 0.3) is 0 Å². The van der Waals surface area contributed by atoms with E-state index in [2.05, 4.69) is 24.5 Å². The van der Waals surface area contributed by atoms with E-state index in [1.807, 2.05) is 19.1 Å². The monoisotopic (exact) mass is 277 g/mol. The lowest BCUT2D eigenvalue weighted by Crippen LogP contribution is -2.31. The minimum atomic E-state index is 0.0197. The average molecular weight is 277 g/mol. The van der Waals surface area contributed by atoms with Crippen molar-refractivity contribution in [2.45, 2.75) is 33.2 Å². The quantitative estimate of drug-likeness (QED) is 0.697. The van der Waals surface area contributed by atoms with Crippen molar-refractivity contribution < 1.29 is 9.53 Å². The molecule has 0 saturated heterocycles. The molecule has 1 aliphatic heterocycles. The molecule has 4 N–H and O–H groups in total. The molecule has 0 spiro atoms. The van der Waals surface area contributed by atoms with Crippen LogP contribution in [0.2, 0.25) is 0 Å². The first-order valence-electron chi connectivity index (χ1n) is 7.07. The molecule has 0 fully saturated rings. The second-order valence-electron chi connectivity index (χ2n) is 5.48. The zero-order chi connectivity index (χ0) is 14.7. The minimum absolute atomic E-state index is 0.0197. The maximum atomic E-state index is 11.4. The van der Waals surface area contributed by atoms with E-state index < -0.39 is 0 Å². The van der Waals surface area contributed by atoms with Gasteiger partial charge >= 0.3 is 0 Å². The third-order valence-corrected chi connectivity index (χ3v) is 3.55. The van der Waals surface area contributed by atoms with E-state index in [4.69, 9.17) is 10.5 Å². The molecule has 0 aliphatic carbocycles. The summed E-state index contributed by atoms with van der Waals surface area (Å²) in [5.41, 5.74) is 9.41. The minimum Gasteiger partial charge on any atom is -0.397 e. The first kappa shape index (κ1) is 14.7. The maximum absolute atomic E-state index is 11.4. The number of hydrogen-bond donors (Lipinski definition) is 3.